The Bertz CT molecular complexity index is 712. The molecule has 98 valence electrons. The molecule has 20 heavy (non-hydrogen) atoms. The van der Waals surface area contributed by atoms with Crippen LogP contribution in [-0.2, 0) is 0 Å². The van der Waals surface area contributed by atoms with E-state index in [2.05, 4.69) is 15.4 Å². The molecule has 0 fully saturated rings. The molecule has 1 heterocycles. The maximum absolute atomic E-state index is 12.0. The smallest absolute Gasteiger partial charge is 0.239 e. The number of carbonyl (C=O) groups is 1. The summed E-state index contributed by atoms with van der Waals surface area (Å²) in [5.74, 6) is 0. The van der Waals surface area contributed by atoms with Gasteiger partial charge in [-0.25, -0.2) is 0 Å². The van der Waals surface area contributed by atoms with Gasteiger partial charge in [0.05, 0.1) is 5.69 Å². The van der Waals surface area contributed by atoms with E-state index >= 15 is 0 Å². The van der Waals surface area contributed by atoms with Crippen molar-refractivity contribution >= 4 is 16.9 Å². The first-order chi connectivity index (χ1) is 9.83. The third-order valence-corrected chi connectivity index (χ3v) is 3.34. The first-order valence-corrected chi connectivity index (χ1v) is 6.77. The van der Waals surface area contributed by atoms with Crippen LogP contribution >= 0.6 is 11.8 Å². The Morgan fingerprint density at radius 3 is 2.30 bits per heavy atom. The lowest BCUT2D eigenvalue weighted by Crippen LogP contribution is -1.98. The molecule has 3 rings (SSSR count). The number of carbonyl (C=O) groups excluding carboxylic acids is 1. The highest BCUT2D eigenvalue weighted by Gasteiger charge is 2.12. The van der Waals surface area contributed by atoms with E-state index in [0.717, 1.165) is 17.4 Å². The predicted molar refractivity (Wildman–Crippen MR) is 75.8 cm³/mol. The summed E-state index contributed by atoms with van der Waals surface area (Å²) < 4.78 is 0. The predicted octanol–water partition coefficient (Wildman–Crippen LogP) is 2.59. The molecule has 0 N–H and O–H groups in total. The van der Waals surface area contributed by atoms with Crippen LogP contribution in [0.5, 0.6) is 0 Å². The third kappa shape index (κ3) is 2.75. The van der Waals surface area contributed by atoms with Gasteiger partial charge in [0.1, 0.15) is 0 Å². The van der Waals surface area contributed by atoms with E-state index in [1.54, 1.807) is 12.1 Å². The van der Waals surface area contributed by atoms with Crippen LogP contribution in [0.25, 0.3) is 5.69 Å². The number of aromatic nitrogens is 4. The van der Waals surface area contributed by atoms with Crippen LogP contribution in [0, 0.1) is 0 Å². The van der Waals surface area contributed by atoms with Crippen molar-refractivity contribution in [2.45, 2.75) is 5.16 Å². The maximum atomic E-state index is 12.0. The van der Waals surface area contributed by atoms with Crippen molar-refractivity contribution in [3.63, 3.8) is 0 Å². The second-order valence-corrected chi connectivity index (χ2v) is 4.89. The van der Waals surface area contributed by atoms with E-state index in [4.69, 9.17) is 0 Å². The average molecular weight is 282 g/mol. The van der Waals surface area contributed by atoms with E-state index < -0.39 is 0 Å². The summed E-state index contributed by atoms with van der Waals surface area (Å²) >= 11 is 0.968. The number of hydrogen-bond acceptors (Lipinski definition) is 5. The largest absolute Gasteiger partial charge is 0.281 e. The van der Waals surface area contributed by atoms with Gasteiger partial charge >= 0.3 is 0 Å². The average Bonchev–Trinajstić information content (AvgIpc) is 2.97. The Morgan fingerprint density at radius 2 is 1.60 bits per heavy atom. The first-order valence-electron chi connectivity index (χ1n) is 5.95. The molecule has 0 atom stereocenters. The molecule has 0 radical (unpaired) electrons. The van der Waals surface area contributed by atoms with Crippen molar-refractivity contribution in [3.05, 3.63) is 66.2 Å². The summed E-state index contributed by atoms with van der Waals surface area (Å²) in [5, 5.41) is 12.2. The van der Waals surface area contributed by atoms with Crippen molar-refractivity contribution in [2.75, 3.05) is 0 Å². The van der Waals surface area contributed by atoms with Crippen molar-refractivity contribution < 1.29 is 4.79 Å². The molecule has 0 aliphatic heterocycles. The third-order valence-electron chi connectivity index (χ3n) is 2.58. The maximum Gasteiger partial charge on any atom is 0.239 e. The fourth-order valence-electron chi connectivity index (χ4n) is 1.63. The Kier molecular flexibility index (Phi) is 3.56. The van der Waals surface area contributed by atoms with Gasteiger partial charge in [0, 0.05) is 5.56 Å². The number of hydrogen-bond donors (Lipinski definition) is 0. The van der Waals surface area contributed by atoms with Gasteiger partial charge in [0.2, 0.25) is 10.3 Å². The topological polar surface area (TPSA) is 60.7 Å². The monoisotopic (exact) mass is 282 g/mol. The molecule has 0 aliphatic carbocycles. The molecule has 2 aromatic carbocycles. The van der Waals surface area contributed by atoms with Crippen molar-refractivity contribution in [1.82, 2.24) is 20.2 Å². The van der Waals surface area contributed by atoms with E-state index in [1.807, 2.05) is 48.5 Å². The molecular formula is C14H10N4OS. The van der Waals surface area contributed by atoms with Gasteiger partial charge in [-0.2, -0.15) is 0 Å². The fourth-order valence-corrected chi connectivity index (χ4v) is 2.24. The summed E-state index contributed by atoms with van der Waals surface area (Å²) in [7, 11) is 0. The number of rotatable bonds is 3. The van der Waals surface area contributed by atoms with Gasteiger partial charge in [-0.05, 0) is 29.1 Å². The van der Waals surface area contributed by atoms with Crippen LogP contribution in [0.3, 0.4) is 0 Å². The van der Waals surface area contributed by atoms with E-state index in [-0.39, 0.29) is 5.12 Å². The van der Waals surface area contributed by atoms with E-state index in [0.29, 0.717) is 10.7 Å². The summed E-state index contributed by atoms with van der Waals surface area (Å²) in [4.78, 5) is 13.4. The minimum absolute atomic E-state index is 0.0989. The molecule has 0 unspecified atom stereocenters. The van der Waals surface area contributed by atoms with Crippen molar-refractivity contribution in [2.24, 2.45) is 0 Å². The summed E-state index contributed by atoms with van der Waals surface area (Å²) in [6.45, 7) is 0. The molecule has 6 heteroatoms. The van der Waals surface area contributed by atoms with Crippen LogP contribution < -0.4 is 0 Å². The molecule has 0 saturated carbocycles. The minimum Gasteiger partial charge on any atom is -0.281 e. The molecule has 1 aromatic heterocycles. The lowest BCUT2D eigenvalue weighted by molar-refractivity contribution is 0.108. The normalized spacial score (nSPS) is 10.4. The first kappa shape index (κ1) is 12.6. The van der Waals surface area contributed by atoms with Gasteiger partial charge in [0.25, 0.3) is 0 Å². The van der Waals surface area contributed by atoms with Crippen molar-refractivity contribution in [3.8, 4) is 5.69 Å². The highest BCUT2D eigenvalue weighted by molar-refractivity contribution is 8.14. The Balaban J connectivity index is 1.77. The molecular weight excluding hydrogens is 272 g/mol. The molecule has 3 aromatic rings. The lowest BCUT2D eigenvalue weighted by Gasteiger charge is -1.96. The lowest BCUT2D eigenvalue weighted by atomic mass is 10.2. The Hall–Kier alpha value is -2.47. The molecule has 0 saturated heterocycles. The second kappa shape index (κ2) is 5.66. The van der Waals surface area contributed by atoms with Gasteiger partial charge in [-0.3, -0.25) is 4.79 Å². The summed E-state index contributed by atoms with van der Waals surface area (Å²) in [6, 6.07) is 18.5. The second-order valence-electron chi connectivity index (χ2n) is 3.95. The zero-order valence-electron chi connectivity index (χ0n) is 10.4. The number of para-hydroxylation sites is 1. The quantitative estimate of drug-likeness (QED) is 0.691. The highest BCUT2D eigenvalue weighted by Crippen LogP contribution is 2.18. The molecule has 0 amide bonds. The van der Waals surface area contributed by atoms with E-state index in [9.17, 15) is 4.79 Å². The number of tetrazole rings is 1. The Labute approximate surface area is 119 Å². The zero-order valence-corrected chi connectivity index (χ0v) is 11.2. The van der Waals surface area contributed by atoms with Gasteiger partial charge in [0.15, 0.2) is 0 Å². The number of nitrogens with zero attached hydrogens (tertiary/aromatic N) is 4. The molecule has 5 nitrogen and oxygen atoms in total. The van der Waals surface area contributed by atoms with E-state index in [1.165, 1.54) is 4.80 Å². The van der Waals surface area contributed by atoms with Crippen LogP contribution in [0.2, 0.25) is 0 Å². The minimum atomic E-state index is -0.0989. The number of thioether (sulfide) groups is 1. The standard InChI is InChI=1S/C14H10N4OS/c19-13(11-7-3-1-4-8-11)20-14-15-17-18(16-14)12-9-5-2-6-10-12/h1-10H. The number of benzene rings is 2. The van der Waals surface area contributed by atoms with Crippen LogP contribution in [-0.4, -0.2) is 25.3 Å². The fraction of sp³-hybridized carbons (Fsp3) is 0. The summed E-state index contributed by atoms with van der Waals surface area (Å²) in [6.07, 6.45) is 0. The SMILES string of the molecule is O=C(Sc1nnn(-c2ccccc2)n1)c1ccccc1. The van der Waals surface area contributed by atoms with Gasteiger partial charge in [-0.1, -0.05) is 48.5 Å². The summed E-state index contributed by atoms with van der Waals surface area (Å²) in [5.41, 5.74) is 1.42. The van der Waals surface area contributed by atoms with Gasteiger partial charge in [-0.15, -0.1) is 15.0 Å². The van der Waals surface area contributed by atoms with Gasteiger partial charge < -0.3 is 0 Å². The van der Waals surface area contributed by atoms with Crippen LogP contribution in [0.15, 0.2) is 65.8 Å². The highest BCUT2D eigenvalue weighted by atomic mass is 32.2. The molecule has 0 aliphatic rings. The van der Waals surface area contributed by atoms with Crippen molar-refractivity contribution in [1.29, 1.82) is 0 Å². The van der Waals surface area contributed by atoms with Crippen LogP contribution in [0.4, 0.5) is 0 Å². The molecule has 0 bridgehead atoms. The molecule has 0 spiro atoms. The zero-order chi connectivity index (χ0) is 13.8. The van der Waals surface area contributed by atoms with Crippen LogP contribution in [0.1, 0.15) is 10.4 Å². The Morgan fingerprint density at radius 1 is 0.950 bits per heavy atom.